The molecule has 94 valence electrons. The van der Waals surface area contributed by atoms with E-state index in [2.05, 4.69) is 20.8 Å². The van der Waals surface area contributed by atoms with Crippen LogP contribution in [0.25, 0.3) is 0 Å². The van der Waals surface area contributed by atoms with Crippen molar-refractivity contribution in [2.75, 3.05) is 26.8 Å². The summed E-state index contributed by atoms with van der Waals surface area (Å²) < 4.78 is 5.32. The number of carbonyl (C=O) groups is 1. The van der Waals surface area contributed by atoms with Crippen LogP contribution in [0.1, 0.15) is 40.0 Å². The van der Waals surface area contributed by atoms with Gasteiger partial charge in [0.05, 0.1) is 0 Å². The number of hydrogen-bond acceptors (Lipinski definition) is 2. The molecule has 0 spiro atoms. The minimum atomic E-state index is 0.0843. The molecule has 16 heavy (non-hydrogen) atoms. The van der Waals surface area contributed by atoms with Gasteiger partial charge in [-0.15, -0.1) is 0 Å². The summed E-state index contributed by atoms with van der Waals surface area (Å²) in [5.41, 5.74) is 0.0843. The van der Waals surface area contributed by atoms with E-state index in [1.807, 2.05) is 11.9 Å². The van der Waals surface area contributed by atoms with Gasteiger partial charge < -0.3 is 9.64 Å². The molecule has 0 aromatic heterocycles. The third-order valence-electron chi connectivity index (χ3n) is 2.98. The Morgan fingerprint density at radius 3 is 2.38 bits per heavy atom. The van der Waals surface area contributed by atoms with Crippen LogP contribution in [0.4, 0.5) is 0 Å². The van der Waals surface area contributed by atoms with Crippen molar-refractivity contribution in [3.8, 4) is 0 Å². The highest BCUT2D eigenvalue weighted by Crippen LogP contribution is 2.21. The van der Waals surface area contributed by atoms with Crippen LogP contribution < -0.4 is 0 Å². The lowest BCUT2D eigenvalue weighted by Crippen LogP contribution is -2.35. The van der Waals surface area contributed by atoms with E-state index in [1.165, 1.54) is 0 Å². The molecule has 0 aromatic rings. The first-order valence-corrected chi connectivity index (χ1v) is 6.20. The van der Waals surface area contributed by atoms with Gasteiger partial charge in [0.2, 0.25) is 5.91 Å². The average molecular weight is 227 g/mol. The van der Waals surface area contributed by atoms with Gasteiger partial charge in [-0.3, -0.25) is 4.79 Å². The number of nitrogens with zero attached hydrogens (tertiary/aromatic N) is 1. The Kier molecular flexibility index (Phi) is 4.78. The number of carbonyl (C=O) groups excluding carboxylic acids is 1. The fourth-order valence-corrected chi connectivity index (χ4v) is 2.01. The zero-order valence-corrected chi connectivity index (χ0v) is 11.1. The molecule has 0 aliphatic carbocycles. The molecule has 0 bridgehead atoms. The second kappa shape index (κ2) is 5.67. The summed E-state index contributed by atoms with van der Waals surface area (Å²) in [7, 11) is 1.92. The van der Waals surface area contributed by atoms with Gasteiger partial charge in [0.15, 0.2) is 0 Å². The summed E-state index contributed by atoms with van der Waals surface area (Å²) >= 11 is 0. The molecule has 1 heterocycles. The third-order valence-corrected chi connectivity index (χ3v) is 2.98. The molecular weight excluding hydrogens is 202 g/mol. The predicted molar refractivity (Wildman–Crippen MR) is 65.3 cm³/mol. The van der Waals surface area contributed by atoms with Gasteiger partial charge in [-0.2, -0.15) is 0 Å². The summed E-state index contributed by atoms with van der Waals surface area (Å²) in [6, 6.07) is 0. The van der Waals surface area contributed by atoms with Crippen LogP contribution >= 0.6 is 0 Å². The lowest BCUT2D eigenvalue weighted by atomic mass is 9.91. The van der Waals surface area contributed by atoms with Crippen molar-refractivity contribution >= 4 is 5.91 Å². The molecule has 0 radical (unpaired) electrons. The van der Waals surface area contributed by atoms with Gasteiger partial charge in [0.1, 0.15) is 0 Å². The fraction of sp³-hybridized carbons (Fsp3) is 0.923. The highest BCUT2D eigenvalue weighted by molar-refractivity contribution is 5.76. The Morgan fingerprint density at radius 2 is 1.88 bits per heavy atom. The van der Waals surface area contributed by atoms with Gasteiger partial charge in [-0.25, -0.2) is 0 Å². The van der Waals surface area contributed by atoms with E-state index in [4.69, 9.17) is 4.74 Å². The molecule has 0 atom stereocenters. The molecule has 0 N–H and O–H groups in total. The van der Waals surface area contributed by atoms with Gasteiger partial charge in [-0.1, -0.05) is 20.8 Å². The molecule has 1 saturated heterocycles. The van der Waals surface area contributed by atoms with E-state index in [0.29, 0.717) is 12.3 Å². The minimum absolute atomic E-state index is 0.0843. The van der Waals surface area contributed by atoms with E-state index in [1.54, 1.807) is 0 Å². The van der Waals surface area contributed by atoms with Crippen molar-refractivity contribution in [2.45, 2.75) is 40.0 Å². The van der Waals surface area contributed by atoms with Gasteiger partial charge >= 0.3 is 0 Å². The van der Waals surface area contributed by atoms with Crippen molar-refractivity contribution < 1.29 is 9.53 Å². The summed E-state index contributed by atoms with van der Waals surface area (Å²) in [5.74, 6) is 0.890. The van der Waals surface area contributed by atoms with E-state index < -0.39 is 0 Å². The standard InChI is InChI=1S/C13H25NO2/c1-13(2,3)9-12(15)14(4)10-11-5-7-16-8-6-11/h11H,5-10H2,1-4H3. The molecule has 3 heteroatoms. The molecular formula is C13H25NO2. The van der Waals surface area contributed by atoms with Crippen LogP contribution in [0.15, 0.2) is 0 Å². The third kappa shape index (κ3) is 4.97. The maximum absolute atomic E-state index is 11.9. The second-order valence-electron chi connectivity index (χ2n) is 6.07. The summed E-state index contributed by atoms with van der Waals surface area (Å²) in [5, 5.41) is 0. The smallest absolute Gasteiger partial charge is 0.222 e. The SMILES string of the molecule is CN(CC1CCOCC1)C(=O)CC(C)(C)C. The molecule has 1 fully saturated rings. The fourth-order valence-electron chi connectivity index (χ4n) is 2.01. The average Bonchev–Trinajstić information content (AvgIpc) is 2.16. The quantitative estimate of drug-likeness (QED) is 0.740. The van der Waals surface area contributed by atoms with Crippen molar-refractivity contribution in [3.05, 3.63) is 0 Å². The maximum Gasteiger partial charge on any atom is 0.222 e. The normalized spacial score (nSPS) is 18.5. The Labute approximate surface area is 99.1 Å². The van der Waals surface area contributed by atoms with Gasteiger partial charge in [-0.05, 0) is 24.2 Å². The monoisotopic (exact) mass is 227 g/mol. The van der Waals surface area contributed by atoms with Crippen molar-refractivity contribution in [2.24, 2.45) is 11.3 Å². The highest BCUT2D eigenvalue weighted by atomic mass is 16.5. The van der Waals surface area contributed by atoms with Crippen LogP contribution in [0.5, 0.6) is 0 Å². The van der Waals surface area contributed by atoms with Crippen molar-refractivity contribution in [1.82, 2.24) is 4.90 Å². The molecule has 1 aliphatic rings. The molecule has 0 unspecified atom stereocenters. The zero-order chi connectivity index (χ0) is 12.2. The largest absolute Gasteiger partial charge is 0.381 e. The lowest BCUT2D eigenvalue weighted by molar-refractivity contribution is -0.132. The van der Waals surface area contributed by atoms with Crippen molar-refractivity contribution in [3.63, 3.8) is 0 Å². The molecule has 3 nitrogen and oxygen atoms in total. The zero-order valence-electron chi connectivity index (χ0n) is 11.1. The van der Waals surface area contributed by atoms with Crippen LogP contribution in [0, 0.1) is 11.3 Å². The summed E-state index contributed by atoms with van der Waals surface area (Å²) in [6.07, 6.45) is 2.81. The van der Waals surface area contributed by atoms with Gasteiger partial charge in [0.25, 0.3) is 0 Å². The first-order valence-electron chi connectivity index (χ1n) is 6.20. The molecule has 1 rings (SSSR count). The number of rotatable bonds is 3. The highest BCUT2D eigenvalue weighted by Gasteiger charge is 2.22. The van der Waals surface area contributed by atoms with Crippen LogP contribution in [0.2, 0.25) is 0 Å². The predicted octanol–water partition coefficient (Wildman–Crippen LogP) is 2.31. The number of amides is 1. The Bertz CT molecular complexity index is 227. The first kappa shape index (κ1) is 13.5. The van der Waals surface area contributed by atoms with E-state index >= 15 is 0 Å². The molecule has 1 amide bonds. The van der Waals surface area contributed by atoms with Crippen molar-refractivity contribution in [1.29, 1.82) is 0 Å². The molecule has 0 saturated carbocycles. The Morgan fingerprint density at radius 1 is 1.31 bits per heavy atom. The lowest BCUT2D eigenvalue weighted by Gasteiger charge is -2.29. The first-order chi connectivity index (χ1) is 7.38. The summed E-state index contributed by atoms with van der Waals surface area (Å²) in [4.78, 5) is 13.8. The van der Waals surface area contributed by atoms with E-state index in [0.717, 1.165) is 32.6 Å². The topological polar surface area (TPSA) is 29.5 Å². The van der Waals surface area contributed by atoms with E-state index in [9.17, 15) is 4.79 Å². The maximum atomic E-state index is 11.9. The summed E-state index contributed by atoms with van der Waals surface area (Å²) in [6.45, 7) is 8.91. The number of hydrogen-bond donors (Lipinski definition) is 0. The Hall–Kier alpha value is -0.570. The van der Waals surface area contributed by atoms with Crippen LogP contribution in [-0.4, -0.2) is 37.6 Å². The minimum Gasteiger partial charge on any atom is -0.381 e. The molecule has 0 aromatic carbocycles. The van der Waals surface area contributed by atoms with Crippen LogP contribution in [-0.2, 0) is 9.53 Å². The van der Waals surface area contributed by atoms with Crippen LogP contribution in [0.3, 0.4) is 0 Å². The Balaban J connectivity index is 2.33. The van der Waals surface area contributed by atoms with Gasteiger partial charge in [0, 0.05) is 33.2 Å². The molecule has 1 aliphatic heterocycles. The number of ether oxygens (including phenoxy) is 1. The second-order valence-corrected chi connectivity index (χ2v) is 6.07. The van der Waals surface area contributed by atoms with E-state index in [-0.39, 0.29) is 11.3 Å².